The quantitative estimate of drug-likeness (QED) is 0.370. The minimum absolute atomic E-state index is 0.174. The Morgan fingerprint density at radius 1 is 1.56 bits per heavy atom. The summed E-state index contributed by atoms with van der Waals surface area (Å²) in [7, 11) is 1.60. The Morgan fingerprint density at radius 3 is 2.22 bits per heavy atom. The van der Waals surface area contributed by atoms with Crippen LogP contribution in [0.4, 0.5) is 0 Å². The van der Waals surface area contributed by atoms with E-state index in [-0.39, 0.29) is 16.7 Å². The van der Waals surface area contributed by atoms with Crippen molar-refractivity contribution < 1.29 is 9.75 Å². The number of likely N-dealkylation sites (tertiary alicyclic amines) is 1. The van der Waals surface area contributed by atoms with Crippen LogP contribution in [0.25, 0.3) is 0 Å². The Morgan fingerprint density at radius 2 is 2.11 bits per heavy atom. The van der Waals surface area contributed by atoms with Crippen molar-refractivity contribution in [3.8, 4) is 0 Å². The van der Waals surface area contributed by atoms with E-state index in [0.29, 0.717) is 13.1 Å². The normalized spacial score (nSPS) is 52.0. The maximum atomic E-state index is 11.1. The van der Waals surface area contributed by atoms with Crippen molar-refractivity contribution >= 4 is 0 Å². The summed E-state index contributed by atoms with van der Waals surface area (Å²) in [5.74, 6) is 0.174. The molecular formula is C6H13NO2. The van der Waals surface area contributed by atoms with Crippen LogP contribution in [0, 0.1) is 11.1 Å². The predicted molar refractivity (Wildman–Crippen MR) is 34.5 cm³/mol. The SMILES string of the molecule is CC1C[N+](C)([O-])CC1O. The molecule has 1 aliphatic heterocycles. The second-order valence-corrected chi connectivity index (χ2v) is 3.21. The van der Waals surface area contributed by atoms with E-state index in [1.54, 1.807) is 7.05 Å². The molecule has 3 unspecified atom stereocenters. The van der Waals surface area contributed by atoms with Crippen molar-refractivity contribution in [1.82, 2.24) is 0 Å². The predicted octanol–water partition coefficient (Wildman–Crippen LogP) is -0.0586. The van der Waals surface area contributed by atoms with Crippen LogP contribution in [0.15, 0.2) is 0 Å². The van der Waals surface area contributed by atoms with Crippen LogP contribution in [0.5, 0.6) is 0 Å². The van der Waals surface area contributed by atoms with E-state index >= 15 is 0 Å². The molecular weight excluding hydrogens is 118 g/mol. The van der Waals surface area contributed by atoms with Gasteiger partial charge in [0.25, 0.3) is 0 Å². The van der Waals surface area contributed by atoms with Crippen molar-refractivity contribution in [2.45, 2.75) is 13.0 Å². The topological polar surface area (TPSA) is 43.3 Å². The molecule has 0 radical (unpaired) electrons. The molecule has 0 aromatic heterocycles. The van der Waals surface area contributed by atoms with Gasteiger partial charge in [-0.3, -0.25) is 0 Å². The van der Waals surface area contributed by atoms with Crippen molar-refractivity contribution in [3.05, 3.63) is 5.21 Å². The van der Waals surface area contributed by atoms with Gasteiger partial charge in [0, 0.05) is 5.92 Å². The van der Waals surface area contributed by atoms with Crippen LogP contribution < -0.4 is 0 Å². The van der Waals surface area contributed by atoms with Crippen molar-refractivity contribution in [2.24, 2.45) is 5.92 Å². The zero-order valence-electron chi connectivity index (χ0n) is 5.87. The Bertz CT molecular complexity index is 102. The highest BCUT2D eigenvalue weighted by atomic mass is 16.5. The number of nitrogens with zero attached hydrogens (tertiary/aromatic N) is 1. The molecule has 1 heterocycles. The van der Waals surface area contributed by atoms with Gasteiger partial charge in [-0.05, 0) is 0 Å². The van der Waals surface area contributed by atoms with Crippen LogP contribution in [-0.4, -0.2) is 36.0 Å². The molecule has 3 nitrogen and oxygen atoms in total. The zero-order chi connectivity index (χ0) is 7.07. The largest absolute Gasteiger partial charge is 0.633 e. The van der Waals surface area contributed by atoms with Gasteiger partial charge in [-0.2, -0.15) is 0 Å². The standard InChI is InChI=1S/C6H13NO2/c1-5-3-7(2,9)4-6(5)8/h5-6,8H,3-4H2,1-2H3. The molecule has 9 heavy (non-hydrogen) atoms. The smallest absolute Gasteiger partial charge is 0.111 e. The molecule has 0 saturated carbocycles. The van der Waals surface area contributed by atoms with Crippen molar-refractivity contribution in [2.75, 3.05) is 20.1 Å². The Kier molecular flexibility index (Phi) is 1.50. The summed E-state index contributed by atoms with van der Waals surface area (Å²) in [6.45, 7) is 2.83. The lowest BCUT2D eigenvalue weighted by Gasteiger charge is -2.33. The lowest BCUT2D eigenvalue weighted by atomic mass is 10.1. The average Bonchev–Trinajstić information content (AvgIpc) is 1.79. The summed E-state index contributed by atoms with van der Waals surface area (Å²) in [4.78, 5) is 0. The number of aliphatic hydroxyl groups is 1. The van der Waals surface area contributed by atoms with Crippen LogP contribution in [0.1, 0.15) is 6.92 Å². The third kappa shape index (κ3) is 1.41. The van der Waals surface area contributed by atoms with Crippen molar-refractivity contribution in [3.63, 3.8) is 0 Å². The Labute approximate surface area is 55.1 Å². The Balaban J connectivity index is 2.54. The van der Waals surface area contributed by atoms with Crippen LogP contribution in [0.2, 0.25) is 0 Å². The number of hydrogen-bond acceptors (Lipinski definition) is 2. The van der Waals surface area contributed by atoms with E-state index in [1.165, 1.54) is 0 Å². The Hall–Kier alpha value is -0.120. The lowest BCUT2D eigenvalue weighted by Crippen LogP contribution is -2.35. The fourth-order valence-corrected chi connectivity index (χ4v) is 1.38. The molecule has 54 valence electrons. The molecule has 0 spiro atoms. The first-order chi connectivity index (χ1) is 4.01. The fourth-order valence-electron chi connectivity index (χ4n) is 1.38. The van der Waals surface area contributed by atoms with Gasteiger partial charge in [0.15, 0.2) is 0 Å². The fraction of sp³-hybridized carbons (Fsp3) is 1.00. The first kappa shape index (κ1) is 6.99. The molecule has 3 heteroatoms. The highest BCUT2D eigenvalue weighted by molar-refractivity contribution is 4.70. The van der Waals surface area contributed by atoms with Crippen LogP contribution >= 0.6 is 0 Å². The summed E-state index contributed by atoms with van der Waals surface area (Å²) in [6, 6.07) is 0. The number of likely N-dealkylation sites (N-methyl/N-ethyl adjacent to an activating group) is 1. The highest BCUT2D eigenvalue weighted by Crippen LogP contribution is 2.20. The number of rotatable bonds is 0. The van der Waals surface area contributed by atoms with Gasteiger partial charge in [0.2, 0.25) is 0 Å². The van der Waals surface area contributed by atoms with Crippen molar-refractivity contribution in [1.29, 1.82) is 0 Å². The van der Waals surface area contributed by atoms with Gasteiger partial charge in [-0.15, -0.1) is 0 Å². The number of hydroxylamine groups is 3. The molecule has 3 atom stereocenters. The molecule has 0 aromatic rings. The lowest BCUT2D eigenvalue weighted by molar-refractivity contribution is -0.850. The van der Waals surface area contributed by atoms with Crippen LogP contribution in [0.3, 0.4) is 0 Å². The van der Waals surface area contributed by atoms with Gasteiger partial charge in [0.1, 0.15) is 12.6 Å². The maximum absolute atomic E-state index is 11.1. The number of quaternary nitrogens is 1. The molecule has 0 bridgehead atoms. The van der Waals surface area contributed by atoms with Gasteiger partial charge in [0.05, 0.1) is 13.6 Å². The number of hydrogen-bond donors (Lipinski definition) is 1. The molecule has 0 amide bonds. The molecule has 1 aliphatic rings. The first-order valence-corrected chi connectivity index (χ1v) is 3.25. The average molecular weight is 131 g/mol. The summed E-state index contributed by atoms with van der Waals surface area (Å²) in [6.07, 6.45) is -0.382. The van der Waals surface area contributed by atoms with E-state index in [2.05, 4.69) is 0 Å². The molecule has 1 N–H and O–H groups in total. The number of aliphatic hydroxyl groups excluding tert-OH is 1. The summed E-state index contributed by atoms with van der Waals surface area (Å²) in [5.41, 5.74) is 0. The molecule has 0 aliphatic carbocycles. The van der Waals surface area contributed by atoms with E-state index in [1.807, 2.05) is 6.92 Å². The van der Waals surface area contributed by atoms with Gasteiger partial charge in [-0.25, -0.2) is 0 Å². The maximum Gasteiger partial charge on any atom is 0.111 e. The minimum Gasteiger partial charge on any atom is -0.633 e. The third-order valence-electron chi connectivity index (χ3n) is 1.90. The van der Waals surface area contributed by atoms with E-state index in [9.17, 15) is 5.21 Å². The first-order valence-electron chi connectivity index (χ1n) is 3.25. The van der Waals surface area contributed by atoms with Gasteiger partial charge >= 0.3 is 0 Å². The van der Waals surface area contributed by atoms with E-state index in [0.717, 1.165) is 0 Å². The third-order valence-corrected chi connectivity index (χ3v) is 1.90. The van der Waals surface area contributed by atoms with Crippen LogP contribution in [-0.2, 0) is 0 Å². The summed E-state index contributed by atoms with van der Waals surface area (Å²) >= 11 is 0. The minimum atomic E-state index is -0.382. The molecule has 1 saturated heterocycles. The van der Waals surface area contributed by atoms with Gasteiger partial charge in [-0.1, -0.05) is 6.92 Å². The van der Waals surface area contributed by atoms with E-state index in [4.69, 9.17) is 5.11 Å². The molecule has 0 aromatic carbocycles. The monoisotopic (exact) mass is 131 g/mol. The molecule has 1 fully saturated rings. The molecule has 1 rings (SSSR count). The second-order valence-electron chi connectivity index (χ2n) is 3.21. The zero-order valence-corrected chi connectivity index (χ0v) is 5.87. The summed E-state index contributed by atoms with van der Waals surface area (Å²) < 4.78 is -0.275. The van der Waals surface area contributed by atoms with E-state index < -0.39 is 0 Å². The second kappa shape index (κ2) is 1.94. The van der Waals surface area contributed by atoms with Gasteiger partial charge < -0.3 is 15.0 Å². The summed E-state index contributed by atoms with van der Waals surface area (Å²) in [5, 5.41) is 20.2. The highest BCUT2D eigenvalue weighted by Gasteiger charge is 2.33.